The molecule has 0 saturated heterocycles. The highest BCUT2D eigenvalue weighted by Gasteiger charge is 2.12. The number of carbonyl (C=O) groups is 1. The molecule has 0 bridgehead atoms. The molecule has 6 nitrogen and oxygen atoms in total. The van der Waals surface area contributed by atoms with Crippen LogP contribution in [0.2, 0.25) is 0 Å². The van der Waals surface area contributed by atoms with Crippen LogP contribution >= 0.6 is 0 Å². The van der Waals surface area contributed by atoms with Gasteiger partial charge >= 0.3 is 0 Å². The van der Waals surface area contributed by atoms with Gasteiger partial charge in [0.25, 0.3) is 0 Å². The molecule has 22 heavy (non-hydrogen) atoms. The fourth-order valence-electron chi connectivity index (χ4n) is 2.70. The van der Waals surface area contributed by atoms with E-state index in [0.717, 1.165) is 28.4 Å². The molecule has 2 aromatic heterocycles. The van der Waals surface area contributed by atoms with Crippen molar-refractivity contribution in [2.45, 2.75) is 27.3 Å². The summed E-state index contributed by atoms with van der Waals surface area (Å²) < 4.78 is 2.21. The van der Waals surface area contributed by atoms with Gasteiger partial charge in [-0.05, 0) is 24.1 Å². The standard InChI is InChI=1S/C16H19N5O/c1-9(2)8-21-7-6-11-13(21)5-4-12-14(11)15(17)20-16(19-12)18-10(3)22/h4-7,9H,8H2,1-3H3,(H3,17,18,19,20,22). The van der Waals surface area contributed by atoms with Crippen molar-refractivity contribution in [3.05, 3.63) is 24.4 Å². The lowest BCUT2D eigenvalue weighted by Crippen LogP contribution is -2.10. The average Bonchev–Trinajstić information content (AvgIpc) is 2.79. The summed E-state index contributed by atoms with van der Waals surface area (Å²) in [6.45, 7) is 6.73. The Morgan fingerprint density at radius 2 is 2.09 bits per heavy atom. The van der Waals surface area contributed by atoms with E-state index in [1.165, 1.54) is 6.92 Å². The number of nitrogens with zero attached hydrogens (tertiary/aromatic N) is 3. The van der Waals surface area contributed by atoms with Crippen LogP contribution in [-0.4, -0.2) is 20.4 Å². The number of nitrogen functional groups attached to an aromatic ring is 1. The van der Waals surface area contributed by atoms with Crippen molar-refractivity contribution >= 4 is 39.5 Å². The average molecular weight is 297 g/mol. The zero-order valence-corrected chi connectivity index (χ0v) is 12.9. The van der Waals surface area contributed by atoms with Crippen LogP contribution in [-0.2, 0) is 11.3 Å². The minimum absolute atomic E-state index is 0.220. The Bertz CT molecular complexity index is 866. The number of carbonyl (C=O) groups excluding carboxylic acids is 1. The lowest BCUT2D eigenvalue weighted by Gasteiger charge is -2.10. The van der Waals surface area contributed by atoms with Crippen LogP contribution in [0.3, 0.4) is 0 Å². The third-order valence-corrected chi connectivity index (χ3v) is 3.49. The van der Waals surface area contributed by atoms with Crippen molar-refractivity contribution in [1.82, 2.24) is 14.5 Å². The van der Waals surface area contributed by atoms with E-state index in [9.17, 15) is 4.79 Å². The summed E-state index contributed by atoms with van der Waals surface area (Å²) in [4.78, 5) is 19.7. The molecule has 2 heterocycles. The SMILES string of the molecule is CC(=O)Nc1nc(N)c2c(ccc3c2ccn3CC(C)C)n1. The lowest BCUT2D eigenvalue weighted by molar-refractivity contribution is -0.114. The molecular formula is C16H19N5O. The summed E-state index contributed by atoms with van der Waals surface area (Å²) in [6, 6.07) is 5.99. The molecule has 0 radical (unpaired) electrons. The fourth-order valence-corrected chi connectivity index (χ4v) is 2.70. The second-order valence-corrected chi connectivity index (χ2v) is 5.87. The van der Waals surface area contributed by atoms with Gasteiger partial charge in [-0.15, -0.1) is 0 Å². The Morgan fingerprint density at radius 3 is 2.77 bits per heavy atom. The quantitative estimate of drug-likeness (QED) is 0.778. The van der Waals surface area contributed by atoms with Crippen LogP contribution in [0.15, 0.2) is 24.4 Å². The molecule has 0 fully saturated rings. The number of nitrogens with one attached hydrogen (secondary N) is 1. The largest absolute Gasteiger partial charge is 0.383 e. The normalized spacial score (nSPS) is 11.5. The van der Waals surface area contributed by atoms with Crippen molar-refractivity contribution in [3.63, 3.8) is 0 Å². The maximum absolute atomic E-state index is 11.1. The van der Waals surface area contributed by atoms with Crippen molar-refractivity contribution in [3.8, 4) is 0 Å². The Hall–Kier alpha value is -2.63. The van der Waals surface area contributed by atoms with Crippen LogP contribution in [0, 0.1) is 5.92 Å². The second-order valence-electron chi connectivity index (χ2n) is 5.87. The highest BCUT2D eigenvalue weighted by Crippen LogP contribution is 2.30. The molecule has 1 amide bonds. The van der Waals surface area contributed by atoms with E-state index in [2.05, 4.69) is 39.9 Å². The first-order valence-corrected chi connectivity index (χ1v) is 7.28. The predicted octanol–water partition coefficient (Wildman–Crippen LogP) is 2.78. The molecule has 0 atom stereocenters. The van der Waals surface area contributed by atoms with E-state index < -0.39 is 0 Å². The monoisotopic (exact) mass is 297 g/mol. The topological polar surface area (TPSA) is 85.8 Å². The van der Waals surface area contributed by atoms with E-state index in [1.54, 1.807) is 0 Å². The number of aromatic nitrogens is 3. The molecule has 0 aliphatic rings. The zero-order valence-electron chi connectivity index (χ0n) is 12.9. The summed E-state index contributed by atoms with van der Waals surface area (Å²) in [7, 11) is 0. The fraction of sp³-hybridized carbons (Fsp3) is 0.312. The first-order valence-electron chi connectivity index (χ1n) is 7.28. The molecule has 6 heteroatoms. The van der Waals surface area contributed by atoms with Gasteiger partial charge in [0, 0.05) is 30.6 Å². The summed E-state index contributed by atoms with van der Waals surface area (Å²) in [5, 5.41) is 4.43. The minimum Gasteiger partial charge on any atom is -0.383 e. The van der Waals surface area contributed by atoms with E-state index in [1.807, 2.05) is 18.2 Å². The van der Waals surface area contributed by atoms with E-state index in [4.69, 9.17) is 5.73 Å². The Labute approximate surface area is 128 Å². The van der Waals surface area contributed by atoms with Gasteiger partial charge in [0.2, 0.25) is 11.9 Å². The van der Waals surface area contributed by atoms with Gasteiger partial charge in [-0.25, -0.2) is 4.98 Å². The van der Waals surface area contributed by atoms with Crippen molar-refractivity contribution in [2.75, 3.05) is 11.1 Å². The molecule has 0 unspecified atom stereocenters. The van der Waals surface area contributed by atoms with Gasteiger partial charge in [-0.2, -0.15) is 4.98 Å². The summed E-state index contributed by atoms with van der Waals surface area (Å²) in [5.74, 6) is 0.949. The van der Waals surface area contributed by atoms with Crippen molar-refractivity contribution < 1.29 is 4.79 Å². The van der Waals surface area contributed by atoms with Crippen molar-refractivity contribution in [1.29, 1.82) is 0 Å². The number of hydrogen-bond donors (Lipinski definition) is 2. The van der Waals surface area contributed by atoms with Gasteiger partial charge in [0.15, 0.2) is 0 Å². The first-order chi connectivity index (χ1) is 10.5. The molecule has 114 valence electrons. The first kappa shape index (κ1) is 14.3. The number of anilines is 2. The maximum atomic E-state index is 11.1. The van der Waals surface area contributed by atoms with Crippen molar-refractivity contribution in [2.24, 2.45) is 5.92 Å². The minimum atomic E-state index is -0.220. The molecule has 0 aliphatic heterocycles. The van der Waals surface area contributed by atoms with Crippen LogP contribution in [0.5, 0.6) is 0 Å². The van der Waals surface area contributed by atoms with E-state index >= 15 is 0 Å². The van der Waals surface area contributed by atoms with Gasteiger partial charge in [0.05, 0.1) is 10.9 Å². The van der Waals surface area contributed by atoms with Crippen LogP contribution in [0.1, 0.15) is 20.8 Å². The van der Waals surface area contributed by atoms with Crippen LogP contribution in [0.25, 0.3) is 21.8 Å². The Morgan fingerprint density at radius 1 is 1.32 bits per heavy atom. The Balaban J connectivity index is 2.20. The molecule has 1 aromatic carbocycles. The van der Waals surface area contributed by atoms with Crippen LogP contribution < -0.4 is 11.1 Å². The predicted molar refractivity (Wildman–Crippen MR) is 88.6 cm³/mol. The summed E-state index contributed by atoms with van der Waals surface area (Å²) in [5.41, 5.74) is 7.94. The zero-order chi connectivity index (χ0) is 15.9. The highest BCUT2D eigenvalue weighted by atomic mass is 16.1. The Kier molecular flexibility index (Phi) is 3.44. The molecular weight excluding hydrogens is 278 g/mol. The number of fused-ring (bicyclic) bond motifs is 3. The number of amides is 1. The number of benzene rings is 1. The van der Waals surface area contributed by atoms with Gasteiger partial charge < -0.3 is 10.3 Å². The number of hydrogen-bond acceptors (Lipinski definition) is 4. The van der Waals surface area contributed by atoms with Crippen LogP contribution in [0.4, 0.5) is 11.8 Å². The molecule has 0 saturated carbocycles. The molecule has 3 aromatic rings. The molecule has 3 N–H and O–H groups in total. The molecule has 0 spiro atoms. The third kappa shape index (κ3) is 2.47. The summed E-state index contributed by atoms with van der Waals surface area (Å²) >= 11 is 0. The van der Waals surface area contributed by atoms with E-state index in [0.29, 0.717) is 11.7 Å². The second kappa shape index (κ2) is 5.29. The van der Waals surface area contributed by atoms with Gasteiger partial charge in [-0.3, -0.25) is 10.1 Å². The molecule has 0 aliphatic carbocycles. The van der Waals surface area contributed by atoms with E-state index in [-0.39, 0.29) is 11.9 Å². The smallest absolute Gasteiger partial charge is 0.231 e. The number of nitrogens with two attached hydrogens (primary N) is 1. The molecule has 3 rings (SSSR count). The lowest BCUT2D eigenvalue weighted by atomic mass is 10.1. The van der Waals surface area contributed by atoms with Gasteiger partial charge in [-0.1, -0.05) is 13.8 Å². The number of rotatable bonds is 3. The summed E-state index contributed by atoms with van der Waals surface area (Å²) in [6.07, 6.45) is 2.06. The third-order valence-electron chi connectivity index (χ3n) is 3.49. The highest BCUT2D eigenvalue weighted by molar-refractivity contribution is 6.10. The maximum Gasteiger partial charge on any atom is 0.231 e. The van der Waals surface area contributed by atoms with Gasteiger partial charge in [0.1, 0.15) is 5.82 Å².